The first-order valence-corrected chi connectivity index (χ1v) is 6.21. The van der Waals surface area contributed by atoms with Crippen LogP contribution in [0.2, 0.25) is 0 Å². The molecule has 0 saturated heterocycles. The fourth-order valence-electron chi connectivity index (χ4n) is 1.06. The van der Waals surface area contributed by atoms with Crippen LogP contribution >= 0.6 is 0 Å². The Bertz CT molecular complexity index is 390. The summed E-state index contributed by atoms with van der Waals surface area (Å²) in [6.07, 6.45) is 3.71. The minimum atomic E-state index is 0.397. The van der Waals surface area contributed by atoms with Crippen molar-refractivity contribution in [3.63, 3.8) is 0 Å². The molecule has 2 rings (SSSR count). The summed E-state index contributed by atoms with van der Waals surface area (Å²) in [5, 5.41) is 0. The standard InChI is InChI=1S/C12H10OSe/c1-2-6-12(7-3-1)14-10-8-11-5-4-9-13-11/h1-10H/b10-8+. The summed E-state index contributed by atoms with van der Waals surface area (Å²) < 4.78 is 6.57. The van der Waals surface area contributed by atoms with E-state index in [1.54, 1.807) is 6.26 Å². The topological polar surface area (TPSA) is 13.1 Å². The van der Waals surface area contributed by atoms with Crippen LogP contribution in [0, 0.1) is 0 Å². The fraction of sp³-hybridized carbons (Fsp3) is 0. The van der Waals surface area contributed by atoms with Gasteiger partial charge in [-0.1, -0.05) is 0 Å². The third-order valence-corrected chi connectivity index (χ3v) is 3.44. The summed E-state index contributed by atoms with van der Waals surface area (Å²) >= 11 is 0.397. The molecule has 1 heterocycles. The summed E-state index contributed by atoms with van der Waals surface area (Å²) in [5.74, 6) is 0.919. The SMILES string of the molecule is C(=C\c1ccco1)/[Se]c1ccccc1. The summed E-state index contributed by atoms with van der Waals surface area (Å²) in [4.78, 5) is 2.17. The van der Waals surface area contributed by atoms with Crippen molar-refractivity contribution in [2.24, 2.45) is 0 Å². The van der Waals surface area contributed by atoms with Gasteiger partial charge in [0.15, 0.2) is 0 Å². The number of rotatable bonds is 3. The van der Waals surface area contributed by atoms with E-state index in [1.807, 2.05) is 24.3 Å². The summed E-state index contributed by atoms with van der Waals surface area (Å²) in [6, 6.07) is 14.3. The van der Waals surface area contributed by atoms with Gasteiger partial charge in [-0.3, -0.25) is 0 Å². The maximum atomic E-state index is 5.19. The molecule has 0 bridgehead atoms. The third-order valence-electron chi connectivity index (χ3n) is 1.72. The molecule has 0 radical (unpaired) electrons. The van der Waals surface area contributed by atoms with Crippen molar-refractivity contribution in [3.8, 4) is 0 Å². The third kappa shape index (κ3) is 2.62. The van der Waals surface area contributed by atoms with Crippen LogP contribution < -0.4 is 4.46 Å². The quantitative estimate of drug-likeness (QED) is 0.760. The van der Waals surface area contributed by atoms with Crippen LogP contribution in [-0.2, 0) is 0 Å². The van der Waals surface area contributed by atoms with Crippen molar-refractivity contribution in [3.05, 3.63) is 59.5 Å². The number of furan rings is 1. The molecule has 0 N–H and O–H groups in total. The van der Waals surface area contributed by atoms with E-state index in [2.05, 4.69) is 29.2 Å². The minimum absolute atomic E-state index is 0.397. The van der Waals surface area contributed by atoms with Crippen LogP contribution in [0.15, 0.2) is 58.1 Å². The number of hydrogen-bond donors (Lipinski definition) is 0. The Kier molecular flexibility index (Phi) is 3.23. The average molecular weight is 249 g/mol. The molecule has 0 unspecified atom stereocenters. The van der Waals surface area contributed by atoms with E-state index in [9.17, 15) is 0 Å². The van der Waals surface area contributed by atoms with Crippen LogP contribution in [0.5, 0.6) is 0 Å². The molecular weight excluding hydrogens is 239 g/mol. The summed E-state index contributed by atoms with van der Waals surface area (Å²) in [7, 11) is 0. The van der Waals surface area contributed by atoms with Gasteiger partial charge in [0.25, 0.3) is 0 Å². The van der Waals surface area contributed by atoms with Crippen molar-refractivity contribution in [2.75, 3.05) is 0 Å². The molecule has 1 aromatic carbocycles. The molecule has 70 valence electrons. The molecule has 0 atom stereocenters. The Morgan fingerprint density at radius 1 is 1.00 bits per heavy atom. The molecule has 2 aromatic rings. The van der Waals surface area contributed by atoms with Crippen molar-refractivity contribution >= 4 is 25.5 Å². The fourth-order valence-corrected chi connectivity index (χ4v) is 2.48. The molecule has 0 aliphatic carbocycles. The maximum absolute atomic E-state index is 5.19. The van der Waals surface area contributed by atoms with Gasteiger partial charge in [-0.05, 0) is 0 Å². The van der Waals surface area contributed by atoms with Gasteiger partial charge in [0.1, 0.15) is 0 Å². The van der Waals surface area contributed by atoms with E-state index in [0.717, 1.165) is 5.76 Å². The molecule has 0 aliphatic rings. The van der Waals surface area contributed by atoms with E-state index in [0.29, 0.717) is 15.0 Å². The summed E-state index contributed by atoms with van der Waals surface area (Å²) in [6.45, 7) is 0. The Morgan fingerprint density at radius 3 is 2.57 bits per heavy atom. The molecule has 14 heavy (non-hydrogen) atoms. The van der Waals surface area contributed by atoms with E-state index < -0.39 is 0 Å². The second kappa shape index (κ2) is 4.85. The van der Waals surface area contributed by atoms with Gasteiger partial charge in [-0.15, -0.1) is 0 Å². The van der Waals surface area contributed by atoms with Gasteiger partial charge in [0.2, 0.25) is 0 Å². The van der Waals surface area contributed by atoms with Gasteiger partial charge >= 0.3 is 89.4 Å². The first-order chi connectivity index (χ1) is 6.95. The molecule has 1 aromatic heterocycles. The Hall–Kier alpha value is -1.24. The zero-order chi connectivity index (χ0) is 9.64. The van der Waals surface area contributed by atoms with Crippen LogP contribution in [-0.4, -0.2) is 15.0 Å². The van der Waals surface area contributed by atoms with Crippen LogP contribution in [0.25, 0.3) is 6.08 Å². The molecule has 0 aliphatic heterocycles. The van der Waals surface area contributed by atoms with Crippen molar-refractivity contribution in [1.82, 2.24) is 0 Å². The predicted molar refractivity (Wildman–Crippen MR) is 59.6 cm³/mol. The number of benzene rings is 1. The molecular formula is C12H10OSe. The van der Waals surface area contributed by atoms with Gasteiger partial charge in [0.05, 0.1) is 0 Å². The first kappa shape index (κ1) is 9.32. The Labute approximate surface area is 89.6 Å². The van der Waals surface area contributed by atoms with E-state index in [-0.39, 0.29) is 0 Å². The van der Waals surface area contributed by atoms with E-state index in [4.69, 9.17) is 4.42 Å². The van der Waals surface area contributed by atoms with Gasteiger partial charge in [-0.25, -0.2) is 0 Å². The molecule has 0 spiro atoms. The normalized spacial score (nSPS) is 10.9. The summed E-state index contributed by atoms with van der Waals surface area (Å²) in [5.41, 5.74) is 0. The van der Waals surface area contributed by atoms with Gasteiger partial charge < -0.3 is 0 Å². The zero-order valence-corrected chi connectivity index (χ0v) is 9.30. The second-order valence-electron chi connectivity index (χ2n) is 2.75. The van der Waals surface area contributed by atoms with Crippen molar-refractivity contribution < 1.29 is 4.42 Å². The molecule has 0 saturated carbocycles. The number of hydrogen-bond acceptors (Lipinski definition) is 1. The molecule has 2 heteroatoms. The van der Waals surface area contributed by atoms with Crippen molar-refractivity contribution in [2.45, 2.75) is 0 Å². The second-order valence-corrected chi connectivity index (χ2v) is 4.80. The van der Waals surface area contributed by atoms with E-state index in [1.165, 1.54) is 4.46 Å². The van der Waals surface area contributed by atoms with Crippen LogP contribution in [0.4, 0.5) is 0 Å². The molecule has 1 nitrogen and oxygen atoms in total. The average Bonchev–Trinajstić information content (AvgIpc) is 2.72. The monoisotopic (exact) mass is 250 g/mol. The Balaban J connectivity index is 1.95. The van der Waals surface area contributed by atoms with Crippen molar-refractivity contribution in [1.29, 1.82) is 0 Å². The first-order valence-electron chi connectivity index (χ1n) is 4.37. The predicted octanol–water partition coefficient (Wildman–Crippen LogP) is 2.28. The zero-order valence-electron chi connectivity index (χ0n) is 7.59. The molecule has 0 fully saturated rings. The van der Waals surface area contributed by atoms with Crippen LogP contribution in [0.1, 0.15) is 5.76 Å². The van der Waals surface area contributed by atoms with Crippen LogP contribution in [0.3, 0.4) is 0 Å². The molecule has 0 amide bonds. The Morgan fingerprint density at radius 2 is 1.86 bits per heavy atom. The van der Waals surface area contributed by atoms with Gasteiger partial charge in [0, 0.05) is 0 Å². The van der Waals surface area contributed by atoms with E-state index >= 15 is 0 Å². The van der Waals surface area contributed by atoms with Gasteiger partial charge in [-0.2, -0.15) is 0 Å².